The quantitative estimate of drug-likeness (QED) is 0.378. The van der Waals surface area contributed by atoms with Crippen molar-refractivity contribution in [2.24, 2.45) is 5.11 Å². The first-order valence-corrected chi connectivity index (χ1v) is 5.09. The Balaban J connectivity index is 2.06. The van der Waals surface area contributed by atoms with E-state index in [0.29, 0.717) is 12.1 Å². The predicted octanol–water partition coefficient (Wildman–Crippen LogP) is 2.47. The van der Waals surface area contributed by atoms with Gasteiger partial charge in [0.05, 0.1) is 0 Å². The fraction of sp³-hybridized carbons (Fsp3) is 0.182. The van der Waals surface area contributed by atoms with E-state index in [-0.39, 0.29) is 18.2 Å². The smallest absolute Gasteiger partial charge is 0.287 e. The lowest BCUT2D eigenvalue weighted by Crippen LogP contribution is -2.25. The Hall–Kier alpha value is -2.46. The molecule has 0 spiro atoms. The van der Waals surface area contributed by atoms with Gasteiger partial charge in [0.2, 0.25) is 0 Å². The zero-order valence-electron chi connectivity index (χ0n) is 8.96. The number of amides is 1. The van der Waals surface area contributed by atoms with Gasteiger partial charge in [-0.15, -0.1) is 0 Å². The number of carbonyl (C=O) groups excluding carboxylic acids is 1. The highest BCUT2D eigenvalue weighted by Gasteiger charge is 2.10. The molecule has 2 rings (SSSR count). The summed E-state index contributed by atoms with van der Waals surface area (Å²) in [6.45, 7) is 0.516. The van der Waals surface area contributed by atoms with Crippen molar-refractivity contribution in [2.75, 3.05) is 13.1 Å². The van der Waals surface area contributed by atoms with Gasteiger partial charge in [0.1, 0.15) is 5.58 Å². The maximum absolute atomic E-state index is 11.6. The summed E-state index contributed by atoms with van der Waals surface area (Å²) < 4.78 is 5.37. The van der Waals surface area contributed by atoms with Crippen LogP contribution in [0.2, 0.25) is 0 Å². The van der Waals surface area contributed by atoms with E-state index in [2.05, 4.69) is 15.3 Å². The van der Waals surface area contributed by atoms with Gasteiger partial charge in [-0.25, -0.2) is 0 Å². The average Bonchev–Trinajstić information content (AvgIpc) is 2.78. The van der Waals surface area contributed by atoms with Gasteiger partial charge in [-0.3, -0.25) is 4.79 Å². The van der Waals surface area contributed by atoms with Crippen molar-refractivity contribution in [2.45, 2.75) is 0 Å². The van der Waals surface area contributed by atoms with Crippen molar-refractivity contribution in [3.05, 3.63) is 46.5 Å². The fourth-order valence-corrected chi connectivity index (χ4v) is 1.45. The van der Waals surface area contributed by atoms with Crippen LogP contribution in [0.5, 0.6) is 0 Å². The van der Waals surface area contributed by atoms with Crippen LogP contribution in [0.1, 0.15) is 10.6 Å². The number of azide groups is 1. The normalized spacial score (nSPS) is 9.88. The molecule has 2 aromatic rings. The summed E-state index contributed by atoms with van der Waals surface area (Å²) >= 11 is 0. The fourth-order valence-electron chi connectivity index (χ4n) is 1.45. The third-order valence-electron chi connectivity index (χ3n) is 2.21. The molecule has 0 fully saturated rings. The third-order valence-corrected chi connectivity index (χ3v) is 2.21. The minimum atomic E-state index is -0.311. The molecule has 0 aliphatic heterocycles. The number of para-hydroxylation sites is 1. The van der Waals surface area contributed by atoms with E-state index in [1.807, 2.05) is 18.2 Å². The van der Waals surface area contributed by atoms with Crippen LogP contribution in [0.4, 0.5) is 0 Å². The van der Waals surface area contributed by atoms with Crippen LogP contribution in [0, 0.1) is 0 Å². The number of nitrogens with zero attached hydrogens (tertiary/aromatic N) is 3. The Kier molecular flexibility index (Phi) is 3.28. The lowest BCUT2D eigenvalue weighted by Gasteiger charge is -1.98. The summed E-state index contributed by atoms with van der Waals surface area (Å²) in [5, 5.41) is 6.79. The molecule has 0 bridgehead atoms. The minimum absolute atomic E-state index is 0.225. The van der Waals surface area contributed by atoms with Crippen LogP contribution >= 0.6 is 0 Å². The van der Waals surface area contributed by atoms with Crippen LogP contribution in [-0.2, 0) is 0 Å². The van der Waals surface area contributed by atoms with Crippen molar-refractivity contribution >= 4 is 16.9 Å². The highest BCUT2D eigenvalue weighted by atomic mass is 16.3. The van der Waals surface area contributed by atoms with Crippen molar-refractivity contribution < 1.29 is 9.21 Å². The molecule has 0 aliphatic carbocycles. The molecule has 1 aromatic heterocycles. The molecule has 0 aliphatic rings. The van der Waals surface area contributed by atoms with Crippen LogP contribution in [0.15, 0.2) is 39.9 Å². The lowest BCUT2D eigenvalue weighted by atomic mass is 10.2. The number of furan rings is 1. The first-order valence-electron chi connectivity index (χ1n) is 5.09. The molecule has 6 heteroatoms. The lowest BCUT2D eigenvalue weighted by molar-refractivity contribution is 0.0929. The average molecular weight is 230 g/mol. The molecular weight excluding hydrogens is 220 g/mol. The number of carbonyl (C=O) groups is 1. The maximum atomic E-state index is 11.6. The Bertz CT molecular complexity index is 551. The molecule has 0 unspecified atom stereocenters. The third kappa shape index (κ3) is 2.56. The summed E-state index contributed by atoms with van der Waals surface area (Å²) in [6, 6.07) is 9.07. The Morgan fingerprint density at radius 1 is 1.47 bits per heavy atom. The molecular formula is C11H10N4O2. The van der Waals surface area contributed by atoms with E-state index in [1.54, 1.807) is 12.1 Å². The highest BCUT2D eigenvalue weighted by molar-refractivity contribution is 5.96. The van der Waals surface area contributed by atoms with Crippen molar-refractivity contribution in [1.29, 1.82) is 0 Å². The zero-order chi connectivity index (χ0) is 12.1. The van der Waals surface area contributed by atoms with Gasteiger partial charge in [-0.1, -0.05) is 23.3 Å². The van der Waals surface area contributed by atoms with E-state index >= 15 is 0 Å². The van der Waals surface area contributed by atoms with E-state index < -0.39 is 0 Å². The largest absolute Gasteiger partial charge is 0.451 e. The van der Waals surface area contributed by atoms with Crippen LogP contribution in [0.25, 0.3) is 21.4 Å². The van der Waals surface area contributed by atoms with Gasteiger partial charge in [0.25, 0.3) is 5.91 Å². The number of rotatable bonds is 4. The molecule has 1 N–H and O–H groups in total. The van der Waals surface area contributed by atoms with E-state index in [1.165, 1.54) is 0 Å². The first kappa shape index (κ1) is 11.0. The van der Waals surface area contributed by atoms with Gasteiger partial charge in [0, 0.05) is 23.4 Å². The molecule has 0 atom stereocenters. The molecule has 1 aromatic carbocycles. The number of benzene rings is 1. The molecule has 0 radical (unpaired) electrons. The maximum Gasteiger partial charge on any atom is 0.287 e. The van der Waals surface area contributed by atoms with Crippen molar-refractivity contribution in [3.63, 3.8) is 0 Å². The Morgan fingerprint density at radius 2 is 2.29 bits per heavy atom. The summed E-state index contributed by atoms with van der Waals surface area (Å²) in [6.07, 6.45) is 0. The van der Waals surface area contributed by atoms with Crippen LogP contribution < -0.4 is 5.32 Å². The first-order chi connectivity index (χ1) is 8.31. The topological polar surface area (TPSA) is 91.0 Å². The second-order valence-corrected chi connectivity index (χ2v) is 3.36. The molecule has 6 nitrogen and oxygen atoms in total. The highest BCUT2D eigenvalue weighted by Crippen LogP contribution is 2.18. The Morgan fingerprint density at radius 3 is 3.06 bits per heavy atom. The van der Waals surface area contributed by atoms with E-state index in [9.17, 15) is 4.79 Å². The van der Waals surface area contributed by atoms with E-state index in [0.717, 1.165) is 5.39 Å². The SMILES string of the molecule is [N-]=[N+]=NCCNC(=O)c1cc2ccccc2o1. The Labute approximate surface area is 96.8 Å². The molecule has 1 amide bonds. The number of nitrogens with one attached hydrogen (secondary N) is 1. The van der Waals surface area contributed by atoms with Gasteiger partial charge < -0.3 is 9.73 Å². The summed E-state index contributed by atoms with van der Waals surface area (Å²) in [5.41, 5.74) is 8.74. The second kappa shape index (κ2) is 5.05. The monoisotopic (exact) mass is 230 g/mol. The predicted molar refractivity (Wildman–Crippen MR) is 62.6 cm³/mol. The molecule has 17 heavy (non-hydrogen) atoms. The van der Waals surface area contributed by atoms with Crippen LogP contribution in [-0.4, -0.2) is 19.0 Å². The molecule has 0 saturated carbocycles. The minimum Gasteiger partial charge on any atom is -0.451 e. The van der Waals surface area contributed by atoms with Gasteiger partial charge in [0.15, 0.2) is 5.76 Å². The number of hydrogen-bond acceptors (Lipinski definition) is 3. The summed E-state index contributed by atoms with van der Waals surface area (Å²) in [5.74, 6) is -0.0542. The summed E-state index contributed by atoms with van der Waals surface area (Å²) in [4.78, 5) is 14.2. The van der Waals surface area contributed by atoms with Crippen LogP contribution in [0.3, 0.4) is 0 Å². The van der Waals surface area contributed by atoms with E-state index in [4.69, 9.17) is 9.95 Å². The zero-order valence-corrected chi connectivity index (χ0v) is 8.96. The summed E-state index contributed by atoms with van der Waals surface area (Å²) in [7, 11) is 0. The number of fused-ring (bicyclic) bond motifs is 1. The molecule has 86 valence electrons. The van der Waals surface area contributed by atoms with Gasteiger partial charge in [-0.05, 0) is 17.7 Å². The van der Waals surface area contributed by atoms with Gasteiger partial charge >= 0.3 is 0 Å². The second-order valence-electron chi connectivity index (χ2n) is 3.36. The van der Waals surface area contributed by atoms with Gasteiger partial charge in [-0.2, -0.15) is 0 Å². The molecule has 1 heterocycles. The standard InChI is InChI=1S/C11H10N4O2/c12-15-14-6-5-13-11(16)10-7-8-3-1-2-4-9(8)17-10/h1-4,7H,5-6H2,(H,13,16). The number of hydrogen-bond donors (Lipinski definition) is 1. The molecule has 0 saturated heterocycles. The van der Waals surface area contributed by atoms with Crippen molar-refractivity contribution in [3.8, 4) is 0 Å². The van der Waals surface area contributed by atoms with Crippen molar-refractivity contribution in [1.82, 2.24) is 5.32 Å².